The highest BCUT2D eigenvalue weighted by Crippen LogP contribution is 1.85. The second-order valence-corrected chi connectivity index (χ2v) is 1.51. The first kappa shape index (κ1) is 8.55. The summed E-state index contributed by atoms with van der Waals surface area (Å²) < 4.78 is 4.51. The minimum atomic E-state index is -0.623. The highest BCUT2D eigenvalue weighted by Gasteiger charge is 2.02. The van der Waals surface area contributed by atoms with Crippen molar-refractivity contribution in [1.82, 2.24) is 0 Å². The Morgan fingerprint density at radius 2 is 2.30 bits per heavy atom. The number of carbonyl (C=O) groups excluding carboxylic acids is 1. The first-order valence-electron chi connectivity index (χ1n) is 2.67. The van der Waals surface area contributed by atoms with Crippen molar-refractivity contribution in [3.63, 3.8) is 0 Å². The minimum Gasteiger partial charge on any atom is -0.457 e. The third kappa shape index (κ3) is 2.76. The Hall–Kier alpha value is -1.45. The van der Waals surface area contributed by atoms with Crippen LogP contribution in [0.4, 0.5) is 0 Å². The van der Waals surface area contributed by atoms with Crippen molar-refractivity contribution in [3.05, 3.63) is 24.6 Å². The molecule has 0 saturated carbocycles. The number of nitrogens with two attached hydrogens (primary N) is 2. The predicted octanol–water partition coefficient (Wildman–Crippen LogP) is -0.526. The van der Waals surface area contributed by atoms with Crippen LogP contribution in [0.3, 0.4) is 0 Å². The second kappa shape index (κ2) is 4.43. The summed E-state index contributed by atoms with van der Waals surface area (Å²) in [5.74, 6) is -0.623. The summed E-state index contributed by atoms with van der Waals surface area (Å²) in [5.41, 5.74) is 9.92. The fourth-order valence-corrected chi connectivity index (χ4v) is 0.286. The lowest BCUT2D eigenvalue weighted by molar-refractivity contribution is -0.137. The van der Waals surface area contributed by atoms with Crippen LogP contribution in [-0.4, -0.2) is 12.6 Å². The Morgan fingerprint density at radius 3 is 2.70 bits per heavy atom. The molecule has 0 aromatic heterocycles. The smallest absolute Gasteiger partial charge is 0.356 e. The SMILES string of the molecule is C=CCOC(=O)C(N)=CN. The molecule has 0 rings (SSSR count). The zero-order valence-electron chi connectivity index (χ0n) is 5.54. The van der Waals surface area contributed by atoms with E-state index in [-0.39, 0.29) is 12.3 Å². The largest absolute Gasteiger partial charge is 0.457 e. The Kier molecular flexibility index (Phi) is 3.79. The first-order valence-corrected chi connectivity index (χ1v) is 2.67. The molecular weight excluding hydrogens is 132 g/mol. The second-order valence-electron chi connectivity index (χ2n) is 1.51. The van der Waals surface area contributed by atoms with Crippen molar-refractivity contribution in [1.29, 1.82) is 0 Å². The lowest BCUT2D eigenvalue weighted by atomic mass is 10.5. The van der Waals surface area contributed by atoms with E-state index in [4.69, 9.17) is 11.5 Å². The predicted molar refractivity (Wildman–Crippen MR) is 37.6 cm³/mol. The normalized spacial score (nSPS) is 10.6. The molecule has 0 heterocycles. The van der Waals surface area contributed by atoms with E-state index in [1.54, 1.807) is 0 Å². The van der Waals surface area contributed by atoms with Gasteiger partial charge in [-0.2, -0.15) is 0 Å². The molecular formula is C6H10N2O2. The van der Waals surface area contributed by atoms with Gasteiger partial charge in [-0.3, -0.25) is 0 Å². The van der Waals surface area contributed by atoms with Crippen molar-refractivity contribution in [2.24, 2.45) is 11.5 Å². The van der Waals surface area contributed by atoms with Crippen LogP contribution in [0.15, 0.2) is 24.6 Å². The fraction of sp³-hybridized carbons (Fsp3) is 0.167. The number of carbonyl (C=O) groups is 1. The van der Waals surface area contributed by atoms with E-state index in [0.717, 1.165) is 6.20 Å². The van der Waals surface area contributed by atoms with Crippen LogP contribution in [0.5, 0.6) is 0 Å². The Bertz CT molecular complexity index is 163. The molecule has 0 amide bonds. The standard InChI is InChI=1S/C6H10N2O2/c1-2-3-10-6(9)5(8)4-7/h2,4H,1,3,7-8H2. The van der Waals surface area contributed by atoms with E-state index in [2.05, 4.69) is 11.3 Å². The summed E-state index contributed by atoms with van der Waals surface area (Å²) in [6.07, 6.45) is 2.44. The highest BCUT2D eigenvalue weighted by molar-refractivity contribution is 5.87. The van der Waals surface area contributed by atoms with Gasteiger partial charge < -0.3 is 16.2 Å². The minimum absolute atomic E-state index is 0.0955. The molecule has 0 spiro atoms. The molecule has 56 valence electrons. The number of hydrogen-bond acceptors (Lipinski definition) is 4. The Labute approximate surface area is 59.1 Å². The summed E-state index contributed by atoms with van der Waals surface area (Å²) in [5, 5.41) is 0. The summed E-state index contributed by atoms with van der Waals surface area (Å²) >= 11 is 0. The van der Waals surface area contributed by atoms with Gasteiger partial charge in [0.05, 0.1) is 0 Å². The summed E-state index contributed by atoms with van der Waals surface area (Å²) in [6.45, 7) is 3.50. The van der Waals surface area contributed by atoms with Gasteiger partial charge >= 0.3 is 5.97 Å². The van der Waals surface area contributed by atoms with E-state index in [0.29, 0.717) is 0 Å². The van der Waals surface area contributed by atoms with Crippen molar-refractivity contribution in [2.75, 3.05) is 6.61 Å². The van der Waals surface area contributed by atoms with Crippen LogP contribution >= 0.6 is 0 Å². The molecule has 10 heavy (non-hydrogen) atoms. The van der Waals surface area contributed by atoms with Crippen LogP contribution in [0, 0.1) is 0 Å². The zero-order chi connectivity index (χ0) is 7.98. The van der Waals surface area contributed by atoms with Crippen LogP contribution in [0.1, 0.15) is 0 Å². The maximum atomic E-state index is 10.6. The van der Waals surface area contributed by atoms with Gasteiger partial charge in [-0.05, 0) is 0 Å². The first-order chi connectivity index (χ1) is 4.72. The van der Waals surface area contributed by atoms with E-state index < -0.39 is 5.97 Å². The molecule has 0 saturated heterocycles. The Balaban J connectivity index is 3.74. The molecule has 0 aliphatic rings. The van der Waals surface area contributed by atoms with Gasteiger partial charge in [-0.15, -0.1) is 0 Å². The average molecular weight is 142 g/mol. The van der Waals surface area contributed by atoms with Crippen LogP contribution in [0.2, 0.25) is 0 Å². The lowest BCUT2D eigenvalue weighted by Gasteiger charge is -1.98. The molecule has 0 aliphatic carbocycles. The van der Waals surface area contributed by atoms with Gasteiger partial charge in [-0.25, -0.2) is 4.79 Å². The van der Waals surface area contributed by atoms with Crippen LogP contribution < -0.4 is 11.5 Å². The van der Waals surface area contributed by atoms with E-state index in [1.165, 1.54) is 6.08 Å². The summed E-state index contributed by atoms with van der Waals surface area (Å²) in [7, 11) is 0. The number of ether oxygens (including phenoxy) is 1. The van der Waals surface area contributed by atoms with Gasteiger partial charge in [-0.1, -0.05) is 12.7 Å². The molecule has 0 aromatic rings. The van der Waals surface area contributed by atoms with Crippen molar-refractivity contribution >= 4 is 5.97 Å². The third-order valence-electron chi connectivity index (χ3n) is 0.748. The number of hydrogen-bond donors (Lipinski definition) is 2. The van der Waals surface area contributed by atoms with Crippen molar-refractivity contribution in [2.45, 2.75) is 0 Å². The van der Waals surface area contributed by atoms with Crippen molar-refractivity contribution < 1.29 is 9.53 Å². The quantitative estimate of drug-likeness (QED) is 0.315. The van der Waals surface area contributed by atoms with Gasteiger partial charge in [0.2, 0.25) is 0 Å². The summed E-state index contributed by atoms with van der Waals surface area (Å²) in [4.78, 5) is 10.6. The number of esters is 1. The average Bonchev–Trinajstić information content (AvgIpc) is 1.98. The monoisotopic (exact) mass is 142 g/mol. The van der Waals surface area contributed by atoms with Gasteiger partial charge in [0.15, 0.2) is 0 Å². The Morgan fingerprint density at radius 1 is 1.70 bits per heavy atom. The van der Waals surface area contributed by atoms with E-state index in [9.17, 15) is 4.79 Å². The maximum absolute atomic E-state index is 10.6. The van der Waals surface area contributed by atoms with Gasteiger partial charge in [0.1, 0.15) is 12.3 Å². The molecule has 4 nitrogen and oxygen atoms in total. The van der Waals surface area contributed by atoms with Gasteiger partial charge in [0.25, 0.3) is 0 Å². The molecule has 0 fully saturated rings. The van der Waals surface area contributed by atoms with E-state index in [1.807, 2.05) is 0 Å². The zero-order valence-corrected chi connectivity index (χ0v) is 5.54. The van der Waals surface area contributed by atoms with E-state index >= 15 is 0 Å². The molecule has 0 atom stereocenters. The topological polar surface area (TPSA) is 78.3 Å². The molecule has 0 aromatic carbocycles. The van der Waals surface area contributed by atoms with Crippen molar-refractivity contribution in [3.8, 4) is 0 Å². The van der Waals surface area contributed by atoms with Crippen LogP contribution in [0.25, 0.3) is 0 Å². The molecule has 4 heteroatoms. The fourth-order valence-electron chi connectivity index (χ4n) is 0.286. The summed E-state index contributed by atoms with van der Waals surface area (Å²) in [6, 6.07) is 0. The lowest BCUT2D eigenvalue weighted by Crippen LogP contribution is -2.16. The molecule has 4 N–H and O–H groups in total. The maximum Gasteiger partial charge on any atom is 0.356 e. The number of rotatable bonds is 3. The van der Waals surface area contributed by atoms with Gasteiger partial charge in [0, 0.05) is 6.20 Å². The highest BCUT2D eigenvalue weighted by atomic mass is 16.5. The molecule has 0 bridgehead atoms. The molecule has 0 radical (unpaired) electrons. The molecule has 0 unspecified atom stereocenters. The van der Waals surface area contributed by atoms with Crippen LogP contribution in [-0.2, 0) is 9.53 Å². The molecule has 0 aliphatic heterocycles. The third-order valence-corrected chi connectivity index (χ3v) is 0.748.